The van der Waals surface area contributed by atoms with E-state index in [-0.39, 0.29) is 0 Å². The van der Waals surface area contributed by atoms with Gasteiger partial charge < -0.3 is 9.72 Å². The lowest BCUT2D eigenvalue weighted by atomic mass is 9.98. The molecule has 0 bridgehead atoms. The van der Waals surface area contributed by atoms with Crippen molar-refractivity contribution >= 4 is 10.9 Å². The van der Waals surface area contributed by atoms with Gasteiger partial charge in [-0.1, -0.05) is 60.7 Å². The monoisotopic (exact) mass is 299 g/mol. The molecule has 0 atom stereocenters. The maximum Gasteiger partial charge on any atom is 0.119 e. The average molecular weight is 299 g/mol. The molecule has 2 nitrogen and oxygen atoms in total. The molecule has 0 unspecified atom stereocenters. The molecule has 2 heteroatoms. The molecule has 0 saturated carbocycles. The fourth-order valence-electron chi connectivity index (χ4n) is 3.02. The number of methoxy groups -OCH3 is 1. The summed E-state index contributed by atoms with van der Waals surface area (Å²) in [4.78, 5) is 3.57. The van der Waals surface area contributed by atoms with Gasteiger partial charge in [-0.15, -0.1) is 0 Å². The molecule has 4 aromatic rings. The summed E-state index contributed by atoms with van der Waals surface area (Å²) in [5, 5.41) is 1.18. The fraction of sp³-hybridized carbons (Fsp3) is 0.0476. The number of aromatic amines is 1. The van der Waals surface area contributed by atoms with Crippen LogP contribution in [-0.4, -0.2) is 12.1 Å². The number of aromatic nitrogens is 1. The molecule has 0 aliphatic carbocycles. The number of hydrogen-bond acceptors (Lipinski definition) is 1. The van der Waals surface area contributed by atoms with Gasteiger partial charge in [0.05, 0.1) is 12.8 Å². The van der Waals surface area contributed by atoms with Crippen molar-refractivity contribution in [2.24, 2.45) is 0 Å². The van der Waals surface area contributed by atoms with Crippen molar-refractivity contribution in [2.75, 3.05) is 7.11 Å². The molecule has 1 N–H and O–H groups in total. The van der Waals surface area contributed by atoms with E-state index in [1.807, 2.05) is 18.2 Å². The second kappa shape index (κ2) is 5.65. The Bertz CT molecular complexity index is 940. The normalized spacial score (nSPS) is 10.8. The van der Waals surface area contributed by atoms with E-state index in [1.165, 1.54) is 22.1 Å². The van der Waals surface area contributed by atoms with Gasteiger partial charge in [0.1, 0.15) is 5.75 Å². The molecule has 0 amide bonds. The number of fused-ring (bicyclic) bond motifs is 1. The largest absolute Gasteiger partial charge is 0.497 e. The van der Waals surface area contributed by atoms with Crippen LogP contribution in [0.3, 0.4) is 0 Å². The minimum Gasteiger partial charge on any atom is -0.497 e. The van der Waals surface area contributed by atoms with Gasteiger partial charge in [-0.05, 0) is 29.3 Å². The first-order chi connectivity index (χ1) is 11.4. The van der Waals surface area contributed by atoms with Crippen LogP contribution in [0.4, 0.5) is 0 Å². The van der Waals surface area contributed by atoms with Gasteiger partial charge in [0, 0.05) is 16.5 Å². The van der Waals surface area contributed by atoms with Crippen LogP contribution in [0.15, 0.2) is 78.9 Å². The van der Waals surface area contributed by atoms with Gasteiger partial charge in [0.15, 0.2) is 0 Å². The summed E-state index contributed by atoms with van der Waals surface area (Å²) in [5.74, 6) is 0.869. The smallest absolute Gasteiger partial charge is 0.119 e. The standard InChI is InChI=1S/C21H17NO/c1-23-17-12-13-19-18(14-17)20(15-8-4-2-5-9-15)21(22-19)16-10-6-3-7-11-16/h2-14,22H,1H3. The SMILES string of the molecule is COc1ccc2[nH]c(-c3ccccc3)c(-c3ccccc3)c2c1. The molecular formula is C21H17NO. The lowest BCUT2D eigenvalue weighted by molar-refractivity contribution is 0.415. The number of hydrogen-bond donors (Lipinski definition) is 1. The lowest BCUT2D eigenvalue weighted by Gasteiger charge is -2.06. The van der Waals surface area contributed by atoms with Gasteiger partial charge in [0.2, 0.25) is 0 Å². The number of rotatable bonds is 3. The molecule has 0 spiro atoms. The minimum atomic E-state index is 0.869. The Morgan fingerprint density at radius 3 is 2.04 bits per heavy atom. The van der Waals surface area contributed by atoms with Crippen LogP contribution in [-0.2, 0) is 0 Å². The maximum atomic E-state index is 5.41. The molecule has 0 aliphatic rings. The summed E-state index contributed by atoms with van der Waals surface area (Å²) in [6, 6.07) is 27.1. The summed E-state index contributed by atoms with van der Waals surface area (Å²) in [6.45, 7) is 0. The van der Waals surface area contributed by atoms with Crippen LogP contribution >= 0.6 is 0 Å². The van der Waals surface area contributed by atoms with Crippen molar-refractivity contribution < 1.29 is 4.74 Å². The van der Waals surface area contributed by atoms with Crippen molar-refractivity contribution in [3.05, 3.63) is 78.9 Å². The van der Waals surface area contributed by atoms with Crippen molar-refractivity contribution in [2.45, 2.75) is 0 Å². The molecule has 1 heterocycles. The average Bonchev–Trinajstić information content (AvgIpc) is 3.01. The predicted octanol–water partition coefficient (Wildman–Crippen LogP) is 5.51. The summed E-state index contributed by atoms with van der Waals surface area (Å²) in [5.41, 5.74) is 5.85. The highest BCUT2D eigenvalue weighted by atomic mass is 16.5. The Labute approximate surface area is 135 Å². The molecule has 1 aromatic heterocycles. The van der Waals surface area contributed by atoms with Crippen molar-refractivity contribution in [1.29, 1.82) is 0 Å². The molecule has 23 heavy (non-hydrogen) atoms. The third-order valence-electron chi connectivity index (χ3n) is 4.13. The molecule has 0 radical (unpaired) electrons. The number of H-pyrrole nitrogens is 1. The second-order valence-electron chi connectivity index (χ2n) is 5.52. The molecular weight excluding hydrogens is 282 g/mol. The van der Waals surface area contributed by atoms with E-state index in [4.69, 9.17) is 4.74 Å². The zero-order valence-corrected chi connectivity index (χ0v) is 12.9. The molecule has 4 rings (SSSR count). The lowest BCUT2D eigenvalue weighted by Crippen LogP contribution is -1.83. The summed E-state index contributed by atoms with van der Waals surface area (Å²) >= 11 is 0. The van der Waals surface area contributed by atoms with E-state index in [1.54, 1.807) is 7.11 Å². The van der Waals surface area contributed by atoms with E-state index in [9.17, 15) is 0 Å². The zero-order chi connectivity index (χ0) is 15.6. The minimum absolute atomic E-state index is 0.869. The highest BCUT2D eigenvalue weighted by molar-refractivity contribution is 6.04. The summed E-state index contributed by atoms with van der Waals surface area (Å²) in [6.07, 6.45) is 0. The fourth-order valence-corrected chi connectivity index (χ4v) is 3.02. The van der Waals surface area contributed by atoms with Crippen LogP contribution in [0, 0.1) is 0 Å². The third kappa shape index (κ3) is 2.38. The van der Waals surface area contributed by atoms with E-state index >= 15 is 0 Å². The Hall–Kier alpha value is -3.00. The number of nitrogens with one attached hydrogen (secondary N) is 1. The van der Waals surface area contributed by atoms with Gasteiger partial charge >= 0.3 is 0 Å². The molecule has 112 valence electrons. The number of ether oxygens (including phenoxy) is 1. The van der Waals surface area contributed by atoms with Gasteiger partial charge in [-0.3, -0.25) is 0 Å². The molecule has 0 fully saturated rings. The van der Waals surface area contributed by atoms with Crippen molar-refractivity contribution in [3.8, 4) is 28.1 Å². The summed E-state index contributed by atoms with van der Waals surface area (Å²) < 4.78 is 5.41. The Balaban J connectivity index is 2.06. The van der Waals surface area contributed by atoms with Crippen LogP contribution in [0.1, 0.15) is 0 Å². The first-order valence-corrected chi connectivity index (χ1v) is 7.67. The first-order valence-electron chi connectivity index (χ1n) is 7.67. The van der Waals surface area contributed by atoms with Crippen LogP contribution in [0.25, 0.3) is 33.3 Å². The Morgan fingerprint density at radius 1 is 0.739 bits per heavy atom. The van der Waals surface area contributed by atoms with Crippen LogP contribution in [0.2, 0.25) is 0 Å². The Kier molecular flexibility index (Phi) is 3.35. The molecule has 3 aromatic carbocycles. The zero-order valence-electron chi connectivity index (χ0n) is 12.9. The third-order valence-corrected chi connectivity index (χ3v) is 4.13. The Morgan fingerprint density at radius 2 is 1.39 bits per heavy atom. The first kappa shape index (κ1) is 13.6. The highest BCUT2D eigenvalue weighted by Gasteiger charge is 2.15. The predicted molar refractivity (Wildman–Crippen MR) is 95.7 cm³/mol. The van der Waals surface area contributed by atoms with Gasteiger partial charge in [-0.2, -0.15) is 0 Å². The van der Waals surface area contributed by atoms with Gasteiger partial charge in [0.25, 0.3) is 0 Å². The van der Waals surface area contributed by atoms with Crippen LogP contribution < -0.4 is 4.74 Å². The van der Waals surface area contributed by atoms with Crippen molar-refractivity contribution in [3.63, 3.8) is 0 Å². The van der Waals surface area contributed by atoms with Gasteiger partial charge in [-0.25, -0.2) is 0 Å². The number of benzene rings is 3. The van der Waals surface area contributed by atoms with E-state index in [2.05, 4.69) is 65.6 Å². The highest BCUT2D eigenvalue weighted by Crippen LogP contribution is 2.39. The maximum absolute atomic E-state index is 5.41. The topological polar surface area (TPSA) is 25.0 Å². The quantitative estimate of drug-likeness (QED) is 0.530. The second-order valence-corrected chi connectivity index (χ2v) is 5.52. The van der Waals surface area contributed by atoms with E-state index in [0.29, 0.717) is 0 Å². The van der Waals surface area contributed by atoms with Crippen LogP contribution in [0.5, 0.6) is 5.75 Å². The van der Waals surface area contributed by atoms with Crippen molar-refractivity contribution in [1.82, 2.24) is 4.98 Å². The van der Waals surface area contributed by atoms with E-state index < -0.39 is 0 Å². The molecule has 0 aliphatic heterocycles. The molecule has 0 saturated heterocycles. The summed E-state index contributed by atoms with van der Waals surface area (Å²) in [7, 11) is 1.70. The van der Waals surface area contributed by atoms with E-state index in [0.717, 1.165) is 17.0 Å².